The Morgan fingerprint density at radius 1 is 0.818 bits per heavy atom. The van der Waals surface area contributed by atoms with Crippen molar-refractivity contribution in [3.63, 3.8) is 0 Å². The molecule has 1 nitrogen and oxygen atoms in total. The molecule has 1 heteroatoms. The number of nitrogens with one attached hydrogen (secondary N) is 1. The van der Waals surface area contributed by atoms with Crippen molar-refractivity contribution in [2.45, 2.75) is 19.9 Å². The first-order valence-corrected chi connectivity index (χ1v) is 7.81. The number of benzene rings is 3. The third kappa shape index (κ3) is 2.19. The van der Waals surface area contributed by atoms with Crippen LogP contribution in [-0.4, -0.2) is 0 Å². The predicted molar refractivity (Wildman–Crippen MR) is 93.2 cm³/mol. The molecule has 0 heterocycles. The molecule has 0 amide bonds. The van der Waals surface area contributed by atoms with E-state index in [4.69, 9.17) is 0 Å². The van der Waals surface area contributed by atoms with Crippen LogP contribution in [0.15, 0.2) is 66.7 Å². The van der Waals surface area contributed by atoms with Crippen molar-refractivity contribution in [2.24, 2.45) is 0 Å². The van der Waals surface area contributed by atoms with Gasteiger partial charge in [-0.2, -0.15) is 0 Å². The molecule has 1 aliphatic carbocycles. The minimum atomic E-state index is 0.874. The lowest BCUT2D eigenvalue weighted by atomic mass is 10.0. The van der Waals surface area contributed by atoms with Gasteiger partial charge in [0.15, 0.2) is 0 Å². The number of anilines is 1. The van der Waals surface area contributed by atoms with E-state index in [-0.39, 0.29) is 0 Å². The summed E-state index contributed by atoms with van der Waals surface area (Å²) in [5, 5.41) is 3.64. The van der Waals surface area contributed by atoms with Crippen LogP contribution in [0.25, 0.3) is 11.1 Å². The van der Waals surface area contributed by atoms with Gasteiger partial charge >= 0.3 is 0 Å². The maximum atomic E-state index is 3.64. The number of hydrogen-bond donors (Lipinski definition) is 1. The molecule has 0 bridgehead atoms. The Morgan fingerprint density at radius 2 is 1.59 bits per heavy atom. The van der Waals surface area contributed by atoms with Gasteiger partial charge in [-0.15, -0.1) is 0 Å². The number of aryl methyl sites for hydroxylation is 1. The van der Waals surface area contributed by atoms with E-state index in [0.29, 0.717) is 0 Å². The molecule has 1 aliphatic rings. The van der Waals surface area contributed by atoms with Crippen molar-refractivity contribution < 1.29 is 0 Å². The summed E-state index contributed by atoms with van der Waals surface area (Å²) in [6.07, 6.45) is 1.03. The number of fused-ring (bicyclic) bond motifs is 3. The quantitative estimate of drug-likeness (QED) is 0.547. The molecule has 3 aromatic carbocycles. The molecule has 0 aromatic heterocycles. The maximum absolute atomic E-state index is 3.64. The Kier molecular flexibility index (Phi) is 3.19. The lowest BCUT2D eigenvalue weighted by Crippen LogP contribution is -2.03. The predicted octanol–water partition coefficient (Wildman–Crippen LogP) is 5.18. The molecular weight excluding hydrogens is 266 g/mol. The molecule has 4 rings (SSSR count). The monoisotopic (exact) mass is 285 g/mol. The third-order valence-corrected chi connectivity index (χ3v) is 4.58. The smallest absolute Gasteiger partial charge is 0.0403 e. The summed E-state index contributed by atoms with van der Waals surface area (Å²) in [7, 11) is 0. The second-order valence-electron chi connectivity index (χ2n) is 5.95. The molecule has 0 radical (unpaired) electrons. The topological polar surface area (TPSA) is 12.0 Å². The van der Waals surface area contributed by atoms with Crippen LogP contribution in [0.3, 0.4) is 0 Å². The van der Waals surface area contributed by atoms with Gasteiger partial charge in [0.25, 0.3) is 0 Å². The van der Waals surface area contributed by atoms with Gasteiger partial charge in [-0.05, 0) is 46.4 Å². The SMILES string of the molecule is Cc1ccccc1CNc1cccc2c1Cc1ccccc1-2. The zero-order chi connectivity index (χ0) is 14.9. The van der Waals surface area contributed by atoms with Gasteiger partial charge < -0.3 is 5.32 Å². The molecule has 0 saturated carbocycles. The lowest BCUT2D eigenvalue weighted by molar-refractivity contribution is 1.10. The van der Waals surface area contributed by atoms with Crippen molar-refractivity contribution in [1.82, 2.24) is 0 Å². The van der Waals surface area contributed by atoms with Gasteiger partial charge in [-0.25, -0.2) is 0 Å². The maximum Gasteiger partial charge on any atom is 0.0403 e. The number of hydrogen-bond acceptors (Lipinski definition) is 1. The van der Waals surface area contributed by atoms with E-state index >= 15 is 0 Å². The highest BCUT2D eigenvalue weighted by atomic mass is 14.9. The molecule has 0 atom stereocenters. The molecule has 3 aromatic rings. The van der Waals surface area contributed by atoms with Gasteiger partial charge in [0, 0.05) is 18.7 Å². The molecule has 0 unspecified atom stereocenters. The highest BCUT2D eigenvalue weighted by Gasteiger charge is 2.20. The Bertz CT molecular complexity index is 833. The van der Waals surface area contributed by atoms with E-state index in [2.05, 4.69) is 79.0 Å². The fourth-order valence-corrected chi connectivity index (χ4v) is 3.32. The summed E-state index contributed by atoms with van der Waals surface area (Å²) in [5.41, 5.74) is 9.58. The van der Waals surface area contributed by atoms with Crippen LogP contribution in [0.4, 0.5) is 5.69 Å². The Labute approximate surface area is 131 Å². The van der Waals surface area contributed by atoms with E-state index in [1.807, 2.05) is 0 Å². The Morgan fingerprint density at radius 3 is 2.50 bits per heavy atom. The number of rotatable bonds is 3. The van der Waals surface area contributed by atoms with E-state index in [9.17, 15) is 0 Å². The van der Waals surface area contributed by atoms with Crippen LogP contribution >= 0.6 is 0 Å². The second kappa shape index (κ2) is 5.34. The van der Waals surface area contributed by atoms with Gasteiger partial charge in [-0.1, -0.05) is 60.7 Å². The van der Waals surface area contributed by atoms with Crippen molar-refractivity contribution in [3.8, 4) is 11.1 Å². The summed E-state index contributed by atoms with van der Waals surface area (Å²) in [4.78, 5) is 0. The third-order valence-electron chi connectivity index (χ3n) is 4.58. The van der Waals surface area contributed by atoms with Crippen LogP contribution < -0.4 is 5.32 Å². The highest BCUT2D eigenvalue weighted by molar-refractivity contribution is 5.81. The lowest BCUT2D eigenvalue weighted by Gasteiger charge is -2.13. The summed E-state index contributed by atoms with van der Waals surface area (Å²) in [6, 6.07) is 23.9. The average Bonchev–Trinajstić information content (AvgIpc) is 2.93. The molecule has 0 spiro atoms. The normalized spacial score (nSPS) is 11.9. The summed E-state index contributed by atoms with van der Waals surface area (Å²) in [6.45, 7) is 3.04. The van der Waals surface area contributed by atoms with Crippen molar-refractivity contribution in [1.29, 1.82) is 0 Å². The zero-order valence-electron chi connectivity index (χ0n) is 12.8. The molecule has 108 valence electrons. The van der Waals surface area contributed by atoms with Crippen molar-refractivity contribution >= 4 is 5.69 Å². The van der Waals surface area contributed by atoms with Gasteiger partial charge in [0.05, 0.1) is 0 Å². The van der Waals surface area contributed by atoms with Crippen LogP contribution in [0.5, 0.6) is 0 Å². The largest absolute Gasteiger partial charge is 0.381 e. The van der Waals surface area contributed by atoms with E-state index in [1.54, 1.807) is 0 Å². The van der Waals surface area contributed by atoms with Crippen LogP contribution in [-0.2, 0) is 13.0 Å². The van der Waals surface area contributed by atoms with Gasteiger partial charge in [0.1, 0.15) is 0 Å². The fraction of sp³-hybridized carbons (Fsp3) is 0.143. The second-order valence-corrected chi connectivity index (χ2v) is 5.95. The van der Waals surface area contributed by atoms with Crippen LogP contribution in [0.1, 0.15) is 22.3 Å². The zero-order valence-corrected chi connectivity index (χ0v) is 12.8. The standard InChI is InChI=1S/C21H19N/c1-15-7-2-3-9-17(15)14-22-21-12-6-11-19-18-10-5-4-8-16(18)13-20(19)21/h2-12,22H,13-14H2,1H3. The Hall–Kier alpha value is -2.54. The molecule has 0 fully saturated rings. The summed E-state index contributed by atoms with van der Waals surface area (Å²) < 4.78 is 0. The van der Waals surface area contributed by atoms with E-state index in [1.165, 1.54) is 39.1 Å². The van der Waals surface area contributed by atoms with E-state index in [0.717, 1.165) is 13.0 Å². The van der Waals surface area contributed by atoms with Crippen LogP contribution in [0.2, 0.25) is 0 Å². The highest BCUT2D eigenvalue weighted by Crippen LogP contribution is 2.40. The minimum Gasteiger partial charge on any atom is -0.381 e. The van der Waals surface area contributed by atoms with Gasteiger partial charge in [-0.3, -0.25) is 0 Å². The van der Waals surface area contributed by atoms with Crippen molar-refractivity contribution in [3.05, 3.63) is 89.0 Å². The molecular formula is C21H19N. The van der Waals surface area contributed by atoms with Crippen molar-refractivity contribution in [2.75, 3.05) is 5.32 Å². The Balaban J connectivity index is 1.64. The summed E-state index contributed by atoms with van der Waals surface area (Å²) in [5.74, 6) is 0. The summed E-state index contributed by atoms with van der Waals surface area (Å²) >= 11 is 0. The minimum absolute atomic E-state index is 0.874. The average molecular weight is 285 g/mol. The first-order valence-electron chi connectivity index (χ1n) is 7.81. The molecule has 1 N–H and O–H groups in total. The molecule has 0 saturated heterocycles. The van der Waals surface area contributed by atoms with Crippen LogP contribution in [0, 0.1) is 6.92 Å². The van der Waals surface area contributed by atoms with Gasteiger partial charge in [0.2, 0.25) is 0 Å². The molecule has 0 aliphatic heterocycles. The molecule has 22 heavy (non-hydrogen) atoms. The fourth-order valence-electron chi connectivity index (χ4n) is 3.32. The van der Waals surface area contributed by atoms with E-state index < -0.39 is 0 Å². The first kappa shape index (κ1) is 13.1. The first-order chi connectivity index (χ1) is 10.8.